The van der Waals surface area contributed by atoms with Gasteiger partial charge >= 0.3 is 5.97 Å². The summed E-state index contributed by atoms with van der Waals surface area (Å²) in [5.41, 5.74) is 0.958. The van der Waals surface area contributed by atoms with E-state index < -0.39 is 41.4 Å². The van der Waals surface area contributed by atoms with Crippen molar-refractivity contribution in [2.75, 3.05) is 13.7 Å². The number of carbonyl (C=O) groups is 4. The number of ether oxygens (including phenoxy) is 1. The van der Waals surface area contributed by atoms with E-state index in [1.165, 1.54) is 32.4 Å². The van der Waals surface area contributed by atoms with Gasteiger partial charge in [0.05, 0.1) is 18.7 Å². The zero-order valence-electron chi connectivity index (χ0n) is 27.4. The first-order chi connectivity index (χ1) is 24.3. The van der Waals surface area contributed by atoms with Crippen LogP contribution in [-0.4, -0.2) is 85.0 Å². The summed E-state index contributed by atoms with van der Waals surface area (Å²) in [7, 11) is 1.59. The van der Waals surface area contributed by atoms with Crippen LogP contribution in [0.15, 0.2) is 64.8 Å². The Bertz CT molecular complexity index is 1890. The van der Waals surface area contributed by atoms with E-state index in [1.807, 2.05) is 41.8 Å². The molecule has 2 aliphatic heterocycles. The molecule has 3 N–H and O–H groups in total. The second-order valence-electron chi connectivity index (χ2n) is 12.9. The predicted molar refractivity (Wildman–Crippen MR) is 187 cm³/mol. The van der Waals surface area contributed by atoms with Gasteiger partial charge in [-0.2, -0.15) is 21.2 Å². The minimum absolute atomic E-state index is 0.0825. The molecule has 7 rings (SSSR count). The number of thiazole rings is 1. The molecule has 1 saturated carbocycles. The molecule has 5 heterocycles. The minimum atomic E-state index is -1.43. The smallest absolute Gasteiger partial charge is 0.330 e. The molecule has 15 heteroatoms. The van der Waals surface area contributed by atoms with Crippen LogP contribution in [0.5, 0.6) is 5.75 Å². The fraction of sp³-hybridized carbons (Fsp3) is 0.400. The Hall–Kier alpha value is -4.89. The van der Waals surface area contributed by atoms with Gasteiger partial charge in [-0.15, -0.1) is 16.4 Å². The second kappa shape index (κ2) is 14.2. The number of aliphatic carboxylic acids is 1. The molecule has 0 unspecified atom stereocenters. The number of fused-ring (bicyclic) bond motifs is 2. The molecule has 1 aromatic carbocycles. The molecular formula is C35H37N7O6S2. The molecule has 3 aliphatic rings. The molecule has 1 saturated heterocycles. The van der Waals surface area contributed by atoms with Gasteiger partial charge in [-0.3, -0.25) is 14.4 Å². The third-order valence-electron chi connectivity index (χ3n) is 9.68. The van der Waals surface area contributed by atoms with Crippen LogP contribution < -0.4 is 15.4 Å². The van der Waals surface area contributed by atoms with Crippen LogP contribution >= 0.6 is 22.7 Å². The second-order valence-corrected chi connectivity index (χ2v) is 14.5. The molecule has 0 bridgehead atoms. The Morgan fingerprint density at radius 2 is 1.90 bits per heavy atom. The number of nitrogens with zero attached hydrogens (tertiary/aromatic N) is 5. The molecule has 0 radical (unpaired) electrons. The third-order valence-corrected chi connectivity index (χ3v) is 11.1. The summed E-state index contributed by atoms with van der Waals surface area (Å²) in [5, 5.41) is 31.7. The lowest BCUT2D eigenvalue weighted by Crippen LogP contribution is -2.56. The number of allylic oxidation sites excluding steroid dienone is 1. The maximum Gasteiger partial charge on any atom is 0.330 e. The molecule has 2 fully saturated rings. The van der Waals surface area contributed by atoms with Crippen molar-refractivity contribution in [3.63, 3.8) is 0 Å². The Morgan fingerprint density at radius 1 is 1.08 bits per heavy atom. The van der Waals surface area contributed by atoms with Gasteiger partial charge in [0.15, 0.2) is 0 Å². The molecule has 5 atom stereocenters. The normalized spacial score (nSPS) is 25.5. The summed E-state index contributed by atoms with van der Waals surface area (Å²) in [5.74, 6) is -2.07. The number of benzene rings is 1. The summed E-state index contributed by atoms with van der Waals surface area (Å²) in [6.45, 7) is 0.0825. The van der Waals surface area contributed by atoms with Crippen molar-refractivity contribution in [3.05, 3.63) is 70.4 Å². The number of methoxy groups -OCH3 is 1. The van der Waals surface area contributed by atoms with E-state index in [0.717, 1.165) is 24.8 Å². The zero-order valence-corrected chi connectivity index (χ0v) is 29.0. The highest BCUT2D eigenvalue weighted by atomic mass is 32.1. The summed E-state index contributed by atoms with van der Waals surface area (Å²) < 4.78 is 5.34. The Kier molecular flexibility index (Phi) is 9.51. The number of carboxylic acid groups (broad SMARTS) is 1. The van der Waals surface area contributed by atoms with Crippen molar-refractivity contribution in [1.82, 2.24) is 35.5 Å². The maximum atomic E-state index is 14.5. The van der Waals surface area contributed by atoms with Crippen LogP contribution in [0, 0.1) is 5.92 Å². The fourth-order valence-electron chi connectivity index (χ4n) is 6.79. The van der Waals surface area contributed by atoms with Crippen LogP contribution in [0.4, 0.5) is 0 Å². The van der Waals surface area contributed by atoms with Crippen LogP contribution in [0.25, 0.3) is 22.0 Å². The van der Waals surface area contributed by atoms with Crippen molar-refractivity contribution >= 4 is 46.4 Å². The number of rotatable bonds is 7. The number of hydrogen-bond donors (Lipinski definition) is 3. The molecular weight excluding hydrogens is 679 g/mol. The topological polar surface area (TPSA) is 169 Å². The van der Waals surface area contributed by atoms with Gasteiger partial charge in [0.25, 0.3) is 5.91 Å². The summed E-state index contributed by atoms with van der Waals surface area (Å²) in [4.78, 5) is 61.8. The number of carbonyl (C=O) groups excluding carboxylic acids is 3. The lowest BCUT2D eigenvalue weighted by molar-refractivity contribution is -0.145. The number of aromatic nitrogens is 4. The molecule has 260 valence electrons. The first-order valence-electron chi connectivity index (χ1n) is 16.6. The maximum absolute atomic E-state index is 14.5. The minimum Gasteiger partial charge on any atom is -0.497 e. The van der Waals surface area contributed by atoms with E-state index in [-0.39, 0.29) is 31.2 Å². The van der Waals surface area contributed by atoms with E-state index >= 15 is 0 Å². The monoisotopic (exact) mass is 715 g/mol. The van der Waals surface area contributed by atoms with Crippen LogP contribution in [0.2, 0.25) is 0 Å². The Labute approximate surface area is 296 Å². The molecule has 50 heavy (non-hydrogen) atoms. The highest BCUT2D eigenvalue weighted by molar-refractivity contribution is 7.13. The van der Waals surface area contributed by atoms with Gasteiger partial charge in [-0.05, 0) is 61.4 Å². The molecule has 3 aromatic heterocycles. The van der Waals surface area contributed by atoms with Crippen LogP contribution in [0.3, 0.4) is 0 Å². The quantitative estimate of drug-likeness (QED) is 0.232. The first kappa shape index (κ1) is 33.6. The number of nitrogens with one attached hydrogen (secondary N) is 2. The number of carboxylic acids is 1. The van der Waals surface area contributed by atoms with Gasteiger partial charge in [0.2, 0.25) is 11.8 Å². The summed E-state index contributed by atoms with van der Waals surface area (Å²) in [6, 6.07) is 6.70. The highest BCUT2D eigenvalue weighted by Gasteiger charge is 2.61. The average Bonchev–Trinajstić information content (AvgIpc) is 3.77. The van der Waals surface area contributed by atoms with E-state index in [4.69, 9.17) is 14.9 Å². The average molecular weight is 716 g/mol. The number of amides is 3. The van der Waals surface area contributed by atoms with Gasteiger partial charge in [-0.1, -0.05) is 25.0 Å². The molecule has 0 spiro atoms. The van der Waals surface area contributed by atoms with E-state index in [1.54, 1.807) is 30.1 Å². The third kappa shape index (κ3) is 6.66. The van der Waals surface area contributed by atoms with Crippen molar-refractivity contribution in [2.45, 2.75) is 68.6 Å². The number of hydrogen-bond acceptors (Lipinski definition) is 10. The van der Waals surface area contributed by atoms with Gasteiger partial charge < -0.3 is 25.4 Å². The van der Waals surface area contributed by atoms with Crippen LogP contribution in [-0.2, 0) is 14.4 Å². The van der Waals surface area contributed by atoms with E-state index in [0.29, 0.717) is 40.6 Å². The molecule has 4 aromatic rings. The van der Waals surface area contributed by atoms with Crippen molar-refractivity contribution < 1.29 is 29.0 Å². The Balaban J connectivity index is 1.24. The summed E-state index contributed by atoms with van der Waals surface area (Å²) in [6.07, 6.45) is 9.49. The van der Waals surface area contributed by atoms with E-state index in [9.17, 15) is 24.3 Å². The lowest BCUT2D eigenvalue weighted by Gasteiger charge is -2.29. The standard InChI is InChI=1S/C35H37N7O6S2/c1-48-25-11-9-21(10-12-25)28-29(32-36-14-16-50-32)40-42(39-28)24-17-27-31(44)38-35(34(46)47)18-23(35)7-5-3-2-4-6-8-26(33(45)41(27)19-24)37-30(43)22-13-15-49-20-22/h5,7,9-16,20,23-24,26-27H,2-4,6,8,17-19H2,1H3,(H,37,43)(H,38,44)(H,46,47)/t23-,24-,26+,27+,35-/m1/s1. The fourth-order valence-corrected chi connectivity index (χ4v) is 8.05. The van der Waals surface area contributed by atoms with Crippen LogP contribution in [0.1, 0.15) is 61.3 Å². The first-order valence-corrected chi connectivity index (χ1v) is 18.5. The zero-order chi connectivity index (χ0) is 34.8. The molecule has 1 aliphatic carbocycles. The van der Waals surface area contributed by atoms with Crippen molar-refractivity contribution in [2.24, 2.45) is 5.92 Å². The largest absolute Gasteiger partial charge is 0.497 e. The van der Waals surface area contributed by atoms with Gasteiger partial charge in [0, 0.05) is 41.4 Å². The van der Waals surface area contributed by atoms with Gasteiger partial charge in [0.1, 0.15) is 39.8 Å². The lowest BCUT2D eigenvalue weighted by atomic mass is 10.0. The highest BCUT2D eigenvalue weighted by Crippen LogP contribution is 2.46. The summed E-state index contributed by atoms with van der Waals surface area (Å²) >= 11 is 2.81. The molecule has 13 nitrogen and oxygen atoms in total. The Morgan fingerprint density at radius 3 is 2.62 bits per heavy atom. The van der Waals surface area contributed by atoms with Crippen molar-refractivity contribution in [1.29, 1.82) is 0 Å². The van der Waals surface area contributed by atoms with E-state index in [2.05, 4.69) is 15.6 Å². The predicted octanol–water partition coefficient (Wildman–Crippen LogP) is 4.56. The SMILES string of the molecule is COc1ccc(-c2nn([C@@H]3C[C@H]4C(=O)N[C@]5(C(=O)O)C[C@H]5C=CCCCCC[C@H](NC(=O)c5ccsc5)C(=O)N4C3)nc2-c2nccs2)cc1. The molecule has 3 amide bonds. The van der Waals surface area contributed by atoms with Crippen molar-refractivity contribution in [3.8, 4) is 27.7 Å². The van der Waals surface area contributed by atoms with Gasteiger partial charge in [-0.25, -0.2) is 9.78 Å². The number of thiophene rings is 1.